The monoisotopic (exact) mass is 487 g/mol. The second-order valence-electron chi connectivity index (χ2n) is 6.31. The number of carbonyl (C=O) groups is 2. The molecule has 0 aliphatic carbocycles. The van der Waals surface area contributed by atoms with E-state index in [0.717, 1.165) is 0 Å². The van der Waals surface area contributed by atoms with Crippen molar-refractivity contribution in [1.29, 1.82) is 0 Å². The van der Waals surface area contributed by atoms with Crippen molar-refractivity contribution in [3.63, 3.8) is 0 Å². The van der Waals surface area contributed by atoms with Crippen LogP contribution in [0.2, 0.25) is 10.0 Å². The fourth-order valence-corrected chi connectivity index (χ4v) is 3.45. The molecule has 150 valence electrons. The lowest BCUT2D eigenvalue weighted by molar-refractivity contribution is -0.132. The molecule has 0 saturated heterocycles. The van der Waals surface area contributed by atoms with Gasteiger partial charge >= 0.3 is 5.97 Å². The molecule has 5 nitrogen and oxygen atoms in total. The van der Waals surface area contributed by atoms with Crippen LogP contribution in [0.5, 0.6) is 17.2 Å². The normalized spacial score (nSPS) is 10.7. The van der Waals surface area contributed by atoms with Crippen molar-refractivity contribution in [3.8, 4) is 17.2 Å². The largest absolute Gasteiger partial charge is 0.454 e. The van der Waals surface area contributed by atoms with E-state index in [-0.39, 0.29) is 27.6 Å². The summed E-state index contributed by atoms with van der Waals surface area (Å²) in [6, 6.07) is 6.62. The molecular formula is C20H20BrCl2NO4. The fraction of sp³-hybridized carbons (Fsp3) is 0.300. The molecule has 8 heteroatoms. The summed E-state index contributed by atoms with van der Waals surface area (Å²) in [5.74, 6) is 0.365. The third-order valence-electron chi connectivity index (χ3n) is 3.79. The highest BCUT2D eigenvalue weighted by molar-refractivity contribution is 9.10. The molecule has 1 N–H and O–H groups in total. The van der Waals surface area contributed by atoms with Gasteiger partial charge in [0.1, 0.15) is 11.5 Å². The van der Waals surface area contributed by atoms with Crippen LogP contribution in [-0.2, 0) is 16.0 Å². The van der Waals surface area contributed by atoms with E-state index in [1.54, 1.807) is 18.2 Å². The van der Waals surface area contributed by atoms with E-state index >= 15 is 0 Å². The van der Waals surface area contributed by atoms with Gasteiger partial charge in [-0.1, -0.05) is 44.0 Å². The van der Waals surface area contributed by atoms with E-state index in [9.17, 15) is 9.59 Å². The highest BCUT2D eigenvalue weighted by Crippen LogP contribution is 2.44. The topological polar surface area (TPSA) is 64.6 Å². The van der Waals surface area contributed by atoms with E-state index < -0.39 is 5.97 Å². The van der Waals surface area contributed by atoms with Crippen LogP contribution < -0.4 is 14.8 Å². The van der Waals surface area contributed by atoms with Gasteiger partial charge < -0.3 is 14.8 Å². The van der Waals surface area contributed by atoms with Crippen LogP contribution in [0.1, 0.15) is 33.3 Å². The lowest BCUT2D eigenvalue weighted by Crippen LogP contribution is -2.17. The second-order valence-corrected chi connectivity index (χ2v) is 7.95. The Morgan fingerprint density at radius 1 is 1.21 bits per heavy atom. The Labute approximate surface area is 182 Å². The molecule has 0 unspecified atom stereocenters. The van der Waals surface area contributed by atoms with E-state index in [2.05, 4.69) is 21.2 Å². The average Bonchev–Trinajstić information content (AvgIpc) is 2.60. The first-order valence-corrected chi connectivity index (χ1v) is 10.2. The van der Waals surface area contributed by atoms with Crippen LogP contribution in [0.15, 0.2) is 28.7 Å². The van der Waals surface area contributed by atoms with Crippen LogP contribution in [0.25, 0.3) is 0 Å². The molecule has 0 atom stereocenters. The van der Waals surface area contributed by atoms with E-state index in [0.29, 0.717) is 33.6 Å². The van der Waals surface area contributed by atoms with E-state index in [4.69, 9.17) is 32.7 Å². The van der Waals surface area contributed by atoms with Gasteiger partial charge in [-0.05, 0) is 40.5 Å². The maximum Gasteiger partial charge on any atom is 0.308 e. The van der Waals surface area contributed by atoms with Crippen molar-refractivity contribution in [2.24, 2.45) is 5.92 Å². The summed E-state index contributed by atoms with van der Waals surface area (Å²) >= 11 is 16.2. The number of ether oxygens (including phenoxy) is 2. The van der Waals surface area contributed by atoms with Crippen LogP contribution >= 0.6 is 39.1 Å². The Morgan fingerprint density at radius 3 is 2.43 bits per heavy atom. The molecule has 0 spiro atoms. The minimum absolute atomic E-state index is 0.0888. The van der Waals surface area contributed by atoms with Gasteiger partial charge in [0.25, 0.3) is 0 Å². The van der Waals surface area contributed by atoms with Gasteiger partial charge in [-0.25, -0.2) is 0 Å². The molecule has 0 saturated carbocycles. The summed E-state index contributed by atoms with van der Waals surface area (Å²) in [4.78, 5) is 23.2. The van der Waals surface area contributed by atoms with Gasteiger partial charge in [0.05, 0.1) is 15.7 Å². The SMILES string of the molecule is CCc1c(OC(C)=O)cc(Cl)c(Oc2ccc(NC(=O)C(C)C)c(Br)c2)c1Cl. The van der Waals surface area contributed by atoms with Crippen molar-refractivity contribution in [2.45, 2.75) is 34.1 Å². The first-order valence-electron chi connectivity index (χ1n) is 8.61. The molecule has 0 aliphatic heterocycles. The van der Waals surface area contributed by atoms with Gasteiger partial charge in [-0.15, -0.1) is 0 Å². The lowest BCUT2D eigenvalue weighted by Gasteiger charge is -2.16. The quantitative estimate of drug-likeness (QED) is 0.366. The van der Waals surface area contributed by atoms with Gasteiger partial charge in [0.2, 0.25) is 5.91 Å². The standard InChI is InChI=1S/C20H20BrCl2NO4/c1-5-13-17(27-11(4)25)9-15(22)19(18(13)23)28-12-6-7-16(14(21)8-12)24-20(26)10(2)3/h6-10H,5H2,1-4H3,(H,24,26). The van der Waals surface area contributed by atoms with Gasteiger partial charge in [0.15, 0.2) is 5.75 Å². The Kier molecular flexibility index (Phi) is 7.75. The predicted molar refractivity (Wildman–Crippen MR) is 115 cm³/mol. The highest BCUT2D eigenvalue weighted by Gasteiger charge is 2.19. The molecule has 2 aromatic carbocycles. The Bertz CT molecular complexity index is 916. The maximum absolute atomic E-state index is 11.9. The number of benzene rings is 2. The Morgan fingerprint density at radius 2 is 1.89 bits per heavy atom. The summed E-state index contributed by atoms with van der Waals surface area (Å²) < 4.78 is 11.7. The molecule has 28 heavy (non-hydrogen) atoms. The number of nitrogens with one attached hydrogen (secondary N) is 1. The number of hydrogen-bond acceptors (Lipinski definition) is 4. The van der Waals surface area contributed by atoms with Crippen LogP contribution in [0, 0.1) is 5.92 Å². The summed E-state index contributed by atoms with van der Waals surface area (Å²) in [7, 11) is 0. The van der Waals surface area contributed by atoms with Crippen molar-refractivity contribution in [2.75, 3.05) is 5.32 Å². The molecule has 2 aromatic rings. The third-order valence-corrected chi connectivity index (χ3v) is 5.12. The third kappa shape index (κ3) is 5.40. The Balaban J connectivity index is 2.34. The Hall–Kier alpha value is -1.76. The smallest absolute Gasteiger partial charge is 0.308 e. The van der Waals surface area contributed by atoms with Gasteiger partial charge in [-0.3, -0.25) is 9.59 Å². The lowest BCUT2D eigenvalue weighted by atomic mass is 10.1. The van der Waals surface area contributed by atoms with Gasteiger partial charge in [-0.2, -0.15) is 0 Å². The number of halogens is 3. The average molecular weight is 489 g/mol. The first kappa shape index (κ1) is 22.5. The van der Waals surface area contributed by atoms with E-state index in [1.807, 2.05) is 20.8 Å². The summed E-state index contributed by atoms with van der Waals surface area (Å²) in [6.07, 6.45) is 0.527. The minimum atomic E-state index is -0.460. The first-order chi connectivity index (χ1) is 13.1. The molecule has 2 rings (SSSR count). The molecule has 0 bridgehead atoms. The minimum Gasteiger partial charge on any atom is -0.454 e. The number of amides is 1. The molecule has 1 amide bonds. The number of anilines is 1. The van der Waals surface area contributed by atoms with Crippen LogP contribution in [0.3, 0.4) is 0 Å². The number of carbonyl (C=O) groups excluding carboxylic acids is 2. The van der Waals surface area contributed by atoms with Crippen molar-refractivity contribution < 1.29 is 19.1 Å². The fourth-order valence-electron chi connectivity index (χ4n) is 2.34. The summed E-state index contributed by atoms with van der Waals surface area (Å²) in [5, 5.41) is 3.32. The van der Waals surface area contributed by atoms with Crippen molar-refractivity contribution in [3.05, 3.63) is 44.3 Å². The summed E-state index contributed by atoms with van der Waals surface area (Å²) in [6.45, 7) is 6.82. The molecule has 0 aliphatic rings. The van der Waals surface area contributed by atoms with E-state index in [1.165, 1.54) is 13.0 Å². The zero-order chi connectivity index (χ0) is 21.0. The molecule has 0 aromatic heterocycles. The zero-order valence-corrected chi connectivity index (χ0v) is 19.0. The number of hydrogen-bond donors (Lipinski definition) is 1. The van der Waals surface area contributed by atoms with Crippen LogP contribution in [-0.4, -0.2) is 11.9 Å². The molecule has 0 radical (unpaired) electrons. The molecule has 0 heterocycles. The zero-order valence-electron chi connectivity index (χ0n) is 15.9. The second kappa shape index (κ2) is 9.63. The van der Waals surface area contributed by atoms with Crippen LogP contribution in [0.4, 0.5) is 5.69 Å². The molecular weight excluding hydrogens is 469 g/mol. The maximum atomic E-state index is 11.9. The highest BCUT2D eigenvalue weighted by atomic mass is 79.9. The van der Waals surface area contributed by atoms with Crippen molar-refractivity contribution >= 4 is 56.7 Å². The van der Waals surface area contributed by atoms with Crippen molar-refractivity contribution in [1.82, 2.24) is 0 Å². The van der Waals surface area contributed by atoms with Gasteiger partial charge in [0, 0.05) is 28.9 Å². The summed E-state index contributed by atoms with van der Waals surface area (Å²) in [5.41, 5.74) is 1.25. The predicted octanol–water partition coefficient (Wildman–Crippen LogP) is 6.63. The number of esters is 1. The molecule has 0 fully saturated rings. The number of rotatable bonds is 6.